The van der Waals surface area contributed by atoms with Crippen molar-refractivity contribution in [1.82, 2.24) is 4.90 Å². The summed E-state index contributed by atoms with van der Waals surface area (Å²) in [5.74, 6) is -2.42. The van der Waals surface area contributed by atoms with Crippen LogP contribution in [-0.4, -0.2) is 46.3 Å². The second kappa shape index (κ2) is 3.91. The van der Waals surface area contributed by atoms with Crippen LogP contribution in [-0.2, 0) is 9.53 Å². The maximum absolute atomic E-state index is 13.1. The van der Waals surface area contributed by atoms with Crippen LogP contribution in [0.2, 0.25) is 0 Å². The largest absolute Gasteiger partial charge is 0.480 e. The minimum absolute atomic E-state index is 0.127. The molecule has 0 saturated carbocycles. The van der Waals surface area contributed by atoms with Crippen molar-refractivity contribution < 1.29 is 49.8 Å². The lowest BCUT2D eigenvalue weighted by Crippen LogP contribution is -2.76. The van der Waals surface area contributed by atoms with Gasteiger partial charge in [0.2, 0.25) is 0 Å². The number of ether oxygens (including phenoxy) is 1. The molecule has 0 bridgehead atoms. The van der Waals surface area contributed by atoms with E-state index in [0.29, 0.717) is 0 Å². The van der Waals surface area contributed by atoms with Gasteiger partial charge in [-0.25, -0.2) is 4.74 Å². The van der Waals surface area contributed by atoms with Gasteiger partial charge in [-0.2, -0.15) is 40.0 Å². The predicted molar refractivity (Wildman–Crippen MR) is 39.8 cm³/mol. The molecule has 1 heterocycles. The van der Waals surface area contributed by atoms with Gasteiger partial charge in [-0.1, -0.05) is 0 Å². The number of carboxylic acid groups (broad SMARTS) is 1. The molecule has 0 amide bonds. The summed E-state index contributed by atoms with van der Waals surface area (Å²) >= 11 is 0. The summed E-state index contributed by atoms with van der Waals surface area (Å²) in [5, 5.41) is 8.30. The monoisotopic (exact) mass is 303 g/mol. The van der Waals surface area contributed by atoms with Crippen LogP contribution in [0.5, 0.6) is 0 Å². The van der Waals surface area contributed by atoms with Crippen molar-refractivity contribution in [3.05, 3.63) is 0 Å². The zero-order chi connectivity index (χ0) is 15.4. The van der Waals surface area contributed by atoms with E-state index >= 15 is 0 Å². The van der Waals surface area contributed by atoms with E-state index in [2.05, 4.69) is 4.74 Å². The molecule has 12 heteroatoms. The maximum Gasteiger partial charge on any atom is 0.439 e. The molecule has 0 aromatic carbocycles. The van der Waals surface area contributed by atoms with Gasteiger partial charge >= 0.3 is 30.3 Å². The topological polar surface area (TPSA) is 49.8 Å². The average molecular weight is 303 g/mol. The first-order valence-electron chi connectivity index (χ1n) is 4.42. The summed E-state index contributed by atoms with van der Waals surface area (Å²) in [6.07, 6.45) is -12.0. The first-order chi connectivity index (χ1) is 8.18. The number of rotatable bonds is 2. The smallest absolute Gasteiger partial charge is 0.439 e. The van der Waals surface area contributed by atoms with Crippen molar-refractivity contribution in [2.45, 2.75) is 37.3 Å². The molecule has 1 rings (SSSR count). The molecule has 0 aromatic rings. The fourth-order valence-electron chi connectivity index (χ4n) is 1.34. The first kappa shape index (κ1) is 15.9. The van der Waals surface area contributed by atoms with Gasteiger partial charge in [-0.15, -0.1) is 0 Å². The Hall–Kier alpha value is -1.17. The molecule has 19 heavy (non-hydrogen) atoms. The van der Waals surface area contributed by atoms with Crippen LogP contribution in [0.3, 0.4) is 0 Å². The van der Waals surface area contributed by atoms with Crippen molar-refractivity contribution >= 4 is 5.97 Å². The van der Waals surface area contributed by atoms with Crippen molar-refractivity contribution in [2.24, 2.45) is 0 Å². The minimum Gasteiger partial charge on any atom is -0.480 e. The van der Waals surface area contributed by atoms with Crippen molar-refractivity contribution in [3.63, 3.8) is 0 Å². The molecule has 1 N–H and O–H groups in total. The number of carbonyl (C=O) groups is 1. The zero-order valence-corrected chi connectivity index (χ0v) is 8.81. The third kappa shape index (κ3) is 2.02. The molecule has 0 aliphatic carbocycles. The van der Waals surface area contributed by atoms with Crippen LogP contribution < -0.4 is 0 Å². The van der Waals surface area contributed by atoms with Crippen LogP contribution in [0, 0.1) is 0 Å². The third-order valence-electron chi connectivity index (χ3n) is 2.31. The standard InChI is InChI=1S/C7H5F8NO3/c1-2(3(17)18)16-4(8,9)6(12,13)19-7(14,15)5(16,10)11/h2H,1H3,(H,17,18). The second-order valence-corrected chi connectivity index (χ2v) is 3.60. The maximum atomic E-state index is 13.1. The van der Waals surface area contributed by atoms with Gasteiger partial charge in [0.15, 0.2) is 0 Å². The molecule has 1 saturated heterocycles. The Morgan fingerprint density at radius 3 is 1.58 bits per heavy atom. The molecular weight excluding hydrogens is 298 g/mol. The van der Waals surface area contributed by atoms with Gasteiger partial charge in [-0.3, -0.25) is 4.79 Å². The van der Waals surface area contributed by atoms with Gasteiger partial charge < -0.3 is 5.11 Å². The summed E-state index contributed by atoms with van der Waals surface area (Å²) in [5.41, 5.74) is 0. The van der Waals surface area contributed by atoms with Crippen LogP contribution >= 0.6 is 0 Å². The van der Waals surface area contributed by atoms with Gasteiger partial charge in [0.1, 0.15) is 6.04 Å². The van der Waals surface area contributed by atoms with Gasteiger partial charge in [0.25, 0.3) is 0 Å². The first-order valence-corrected chi connectivity index (χ1v) is 4.42. The Kier molecular flexibility index (Phi) is 3.27. The van der Waals surface area contributed by atoms with Gasteiger partial charge in [0.05, 0.1) is 0 Å². The van der Waals surface area contributed by atoms with E-state index in [0.717, 1.165) is 0 Å². The molecular formula is C7H5F8NO3. The fourth-order valence-corrected chi connectivity index (χ4v) is 1.34. The third-order valence-corrected chi connectivity index (χ3v) is 2.31. The lowest BCUT2D eigenvalue weighted by Gasteiger charge is -2.48. The van der Waals surface area contributed by atoms with E-state index in [1.807, 2.05) is 0 Å². The van der Waals surface area contributed by atoms with Crippen molar-refractivity contribution in [1.29, 1.82) is 0 Å². The SMILES string of the molecule is CC(C(=O)O)N1C(F)(F)C(F)(F)OC(F)(F)C1(F)F. The highest BCUT2D eigenvalue weighted by atomic mass is 19.4. The molecule has 1 aliphatic rings. The Morgan fingerprint density at radius 2 is 1.32 bits per heavy atom. The zero-order valence-electron chi connectivity index (χ0n) is 8.81. The number of alkyl halides is 8. The molecule has 0 radical (unpaired) electrons. The number of morpholine rings is 1. The normalized spacial score (nSPS) is 29.7. The molecule has 0 spiro atoms. The summed E-state index contributed by atoms with van der Waals surface area (Å²) in [6, 6.07) is -14.9. The van der Waals surface area contributed by atoms with Crippen LogP contribution in [0.15, 0.2) is 0 Å². The number of nitrogens with zero attached hydrogens (tertiary/aromatic N) is 1. The number of hydrogen-bond acceptors (Lipinski definition) is 3. The lowest BCUT2D eigenvalue weighted by molar-refractivity contribution is -0.565. The molecule has 0 aromatic heterocycles. The molecule has 1 unspecified atom stereocenters. The van der Waals surface area contributed by atoms with Crippen molar-refractivity contribution in [3.8, 4) is 0 Å². The lowest BCUT2D eigenvalue weighted by atomic mass is 10.2. The average Bonchev–Trinajstić information content (AvgIpc) is 2.12. The Bertz CT molecular complexity index is 372. The highest BCUT2D eigenvalue weighted by Crippen LogP contribution is 2.56. The van der Waals surface area contributed by atoms with E-state index in [1.54, 1.807) is 0 Å². The molecule has 1 aliphatic heterocycles. The van der Waals surface area contributed by atoms with E-state index in [9.17, 15) is 39.9 Å². The van der Waals surface area contributed by atoms with Gasteiger partial charge in [0, 0.05) is 0 Å². The van der Waals surface area contributed by atoms with Crippen LogP contribution in [0.25, 0.3) is 0 Å². The molecule has 1 atom stereocenters. The number of carboxylic acids is 1. The van der Waals surface area contributed by atoms with Crippen LogP contribution in [0.1, 0.15) is 6.92 Å². The van der Waals surface area contributed by atoms with E-state index < -0.39 is 41.2 Å². The summed E-state index contributed by atoms with van der Waals surface area (Å²) < 4.78 is 105. The molecule has 112 valence electrons. The quantitative estimate of drug-likeness (QED) is 0.627. The van der Waals surface area contributed by atoms with Crippen molar-refractivity contribution in [2.75, 3.05) is 0 Å². The molecule has 4 nitrogen and oxygen atoms in total. The summed E-state index contributed by atoms with van der Waals surface area (Å²) in [4.78, 5) is 8.28. The fraction of sp³-hybridized carbons (Fsp3) is 0.857. The number of aliphatic carboxylic acids is 1. The summed E-state index contributed by atoms with van der Waals surface area (Å²) in [7, 11) is 0. The number of halogens is 8. The molecule has 1 fully saturated rings. The Balaban J connectivity index is 3.45. The highest BCUT2D eigenvalue weighted by molar-refractivity contribution is 5.73. The van der Waals surface area contributed by atoms with Gasteiger partial charge in [-0.05, 0) is 6.92 Å². The van der Waals surface area contributed by atoms with E-state index in [-0.39, 0.29) is 6.92 Å². The highest BCUT2D eigenvalue weighted by Gasteiger charge is 2.83. The van der Waals surface area contributed by atoms with Crippen LogP contribution in [0.4, 0.5) is 35.1 Å². The predicted octanol–water partition coefficient (Wildman–Crippen LogP) is 2.16. The van der Waals surface area contributed by atoms with E-state index in [1.165, 1.54) is 0 Å². The minimum atomic E-state index is -6.00. The second-order valence-electron chi connectivity index (χ2n) is 3.60. The Morgan fingerprint density at radius 1 is 1.00 bits per heavy atom. The van der Waals surface area contributed by atoms with E-state index in [4.69, 9.17) is 5.11 Å². The Labute approximate surface area is 99.1 Å². The summed E-state index contributed by atoms with van der Waals surface area (Å²) in [6.45, 7) is 0.127. The number of hydrogen-bond donors (Lipinski definition) is 1.